The second-order valence-corrected chi connectivity index (χ2v) is 18.4. The lowest BCUT2D eigenvalue weighted by molar-refractivity contribution is -0.137. The Kier molecular flexibility index (Phi) is 11.0. The Morgan fingerprint density at radius 3 is 2.29 bits per heavy atom. The van der Waals surface area contributed by atoms with Crippen LogP contribution < -0.4 is 25.6 Å². The molecule has 18 heteroatoms. The van der Waals surface area contributed by atoms with Gasteiger partial charge in [-0.25, -0.2) is 9.67 Å². The summed E-state index contributed by atoms with van der Waals surface area (Å²) in [5.74, 6) is 1.27. The lowest BCUT2D eigenvalue weighted by Gasteiger charge is -2.43. The molecule has 2 saturated heterocycles. The fourth-order valence-corrected chi connectivity index (χ4v) is 8.58. The van der Waals surface area contributed by atoms with Gasteiger partial charge in [0.1, 0.15) is 18.7 Å². The molecule has 292 valence electrons. The highest BCUT2D eigenvalue weighted by Gasteiger charge is 2.33. The van der Waals surface area contributed by atoms with Crippen LogP contribution in [0.3, 0.4) is 0 Å². The molecule has 55 heavy (non-hydrogen) atoms. The Balaban J connectivity index is 1.16. The van der Waals surface area contributed by atoms with Crippen LogP contribution in [0.15, 0.2) is 65.8 Å². The van der Waals surface area contributed by atoms with E-state index >= 15 is 0 Å². The largest absolute Gasteiger partial charge is 0.494 e. The minimum Gasteiger partial charge on any atom is -0.494 e. The number of methoxy groups -OCH3 is 1. The summed E-state index contributed by atoms with van der Waals surface area (Å²) in [6.07, 6.45) is 4.74. The van der Waals surface area contributed by atoms with Crippen molar-refractivity contribution < 1.29 is 22.5 Å². The first-order valence-corrected chi connectivity index (χ1v) is 21.3. The third-order valence-corrected chi connectivity index (χ3v) is 12.3. The number of aryl methyl sites for hydroxylation is 1. The minimum absolute atomic E-state index is 0.271. The molecule has 13 nitrogen and oxygen atoms in total. The average molecular weight is 843 g/mol. The molecule has 2 aliphatic rings. The molecule has 5 heterocycles. The third kappa shape index (κ3) is 8.69. The second kappa shape index (κ2) is 15.6. The number of piperazine rings is 1. The van der Waals surface area contributed by atoms with Crippen LogP contribution in [0.4, 0.5) is 42.0 Å². The first-order chi connectivity index (χ1) is 26.2. The SMILES string of the molecule is COc1cc(N2CCC(N3CCN(C)CC3)CC2)c(-c2cnn(C)c2)cc1Nc1ncc(Br)c(Nc2ccc(-n3cc(C(F)(F)F)cn3)cc2P(C)(C)=O)n1. The van der Waals surface area contributed by atoms with E-state index in [2.05, 4.69) is 69.6 Å². The number of aromatic nitrogens is 6. The van der Waals surface area contributed by atoms with Crippen molar-refractivity contribution in [2.45, 2.75) is 25.1 Å². The number of likely N-dealkylation sites (N-methyl/N-ethyl adjacent to an activating group) is 1. The van der Waals surface area contributed by atoms with Crippen LogP contribution in [0, 0.1) is 0 Å². The van der Waals surface area contributed by atoms with Crippen LogP contribution in [0.1, 0.15) is 18.4 Å². The highest BCUT2D eigenvalue weighted by atomic mass is 79.9. The number of anilines is 5. The summed E-state index contributed by atoms with van der Waals surface area (Å²) in [7, 11) is 2.76. The molecule has 3 aromatic heterocycles. The van der Waals surface area contributed by atoms with Gasteiger partial charge in [-0.2, -0.15) is 28.4 Å². The Labute approximate surface area is 326 Å². The van der Waals surface area contributed by atoms with E-state index < -0.39 is 18.9 Å². The summed E-state index contributed by atoms with van der Waals surface area (Å²) in [4.78, 5) is 16.7. The van der Waals surface area contributed by atoms with Crippen molar-refractivity contribution in [2.75, 3.05) is 82.3 Å². The van der Waals surface area contributed by atoms with Gasteiger partial charge in [-0.1, -0.05) is 0 Å². The van der Waals surface area contributed by atoms with Crippen LogP contribution in [0.5, 0.6) is 5.75 Å². The summed E-state index contributed by atoms with van der Waals surface area (Å²) >= 11 is 3.53. The molecule has 0 unspecified atom stereocenters. The van der Waals surface area contributed by atoms with Gasteiger partial charge in [0, 0.05) is 99.1 Å². The fourth-order valence-electron chi connectivity index (χ4n) is 7.13. The molecule has 0 aliphatic carbocycles. The number of nitrogens with one attached hydrogen (secondary N) is 2. The molecule has 7 rings (SSSR count). The van der Waals surface area contributed by atoms with Gasteiger partial charge in [0.05, 0.1) is 46.6 Å². The number of alkyl halides is 3. The molecule has 2 aliphatic heterocycles. The van der Waals surface area contributed by atoms with Crippen molar-refractivity contribution in [2.24, 2.45) is 7.05 Å². The Morgan fingerprint density at radius 2 is 1.65 bits per heavy atom. The molecule has 2 aromatic carbocycles. The Bertz CT molecular complexity index is 2210. The molecular weight excluding hydrogens is 798 g/mol. The quantitative estimate of drug-likeness (QED) is 0.145. The van der Waals surface area contributed by atoms with E-state index in [1.807, 2.05) is 25.5 Å². The monoisotopic (exact) mass is 841 g/mol. The molecule has 2 fully saturated rings. The predicted octanol–water partition coefficient (Wildman–Crippen LogP) is 6.80. The maximum Gasteiger partial charge on any atom is 0.419 e. The van der Waals surface area contributed by atoms with Gasteiger partial charge in [0.15, 0.2) is 0 Å². The number of hydrogen-bond donors (Lipinski definition) is 2. The number of halogens is 4. The standard InChI is InChI=1S/C37H44BrF3N11O2P/c1-48-12-14-50(15-13-48)26-8-10-51(11-9-26)32-18-33(54-3)31(17-28(32)24-19-43-49(2)22-24)46-36-42-21-29(38)35(47-36)45-30-7-6-27(16-34(30)55(4,5)53)52-23-25(20-44-52)37(39,40)41/h6-7,16-23,26H,8-15H2,1-5H3,(H2,42,45,46,47). The normalized spacial score (nSPS) is 16.4. The molecule has 0 radical (unpaired) electrons. The van der Waals surface area contributed by atoms with Crippen LogP contribution in [-0.2, 0) is 17.8 Å². The van der Waals surface area contributed by atoms with E-state index in [1.54, 1.807) is 49.5 Å². The van der Waals surface area contributed by atoms with E-state index in [0.717, 1.165) is 86.0 Å². The Hall–Kier alpha value is -4.44. The first kappa shape index (κ1) is 38.8. The van der Waals surface area contributed by atoms with Crippen LogP contribution in [0.2, 0.25) is 0 Å². The topological polar surface area (TPSA) is 122 Å². The van der Waals surface area contributed by atoms with E-state index in [0.29, 0.717) is 44.4 Å². The summed E-state index contributed by atoms with van der Waals surface area (Å²) < 4.78 is 62.7. The lowest BCUT2D eigenvalue weighted by Crippen LogP contribution is -2.52. The van der Waals surface area contributed by atoms with Crippen molar-refractivity contribution in [3.05, 3.63) is 71.4 Å². The Morgan fingerprint density at radius 1 is 0.909 bits per heavy atom. The number of nitrogens with zero attached hydrogens (tertiary/aromatic N) is 9. The van der Waals surface area contributed by atoms with Gasteiger partial charge < -0.3 is 29.7 Å². The summed E-state index contributed by atoms with van der Waals surface area (Å²) in [5.41, 5.74) is 3.61. The summed E-state index contributed by atoms with van der Waals surface area (Å²) in [6.45, 7) is 9.46. The number of ether oxygens (including phenoxy) is 1. The molecule has 5 aromatic rings. The number of benzene rings is 2. The highest BCUT2D eigenvalue weighted by Crippen LogP contribution is 2.43. The van der Waals surface area contributed by atoms with Crippen LogP contribution in [-0.4, -0.2) is 112 Å². The number of piperidine rings is 1. The molecule has 0 bridgehead atoms. The molecule has 0 spiro atoms. The third-order valence-electron chi connectivity index (χ3n) is 10.2. The van der Waals surface area contributed by atoms with Gasteiger partial charge in [-0.05, 0) is 73.4 Å². The van der Waals surface area contributed by atoms with Gasteiger partial charge in [0.2, 0.25) is 5.95 Å². The zero-order valence-electron chi connectivity index (χ0n) is 31.3. The van der Waals surface area contributed by atoms with Crippen molar-refractivity contribution >= 4 is 57.2 Å². The zero-order chi connectivity index (χ0) is 39.1. The van der Waals surface area contributed by atoms with Gasteiger partial charge in [-0.15, -0.1) is 0 Å². The first-order valence-electron chi connectivity index (χ1n) is 17.9. The van der Waals surface area contributed by atoms with Crippen LogP contribution in [0.25, 0.3) is 16.8 Å². The van der Waals surface area contributed by atoms with Crippen LogP contribution >= 0.6 is 23.1 Å². The molecule has 2 N–H and O–H groups in total. The van der Waals surface area contributed by atoms with E-state index in [1.165, 1.54) is 0 Å². The maximum absolute atomic E-state index is 13.5. The summed E-state index contributed by atoms with van der Waals surface area (Å²) in [5, 5.41) is 15.4. The highest BCUT2D eigenvalue weighted by molar-refractivity contribution is 9.10. The number of rotatable bonds is 10. The van der Waals surface area contributed by atoms with Gasteiger partial charge in [-0.3, -0.25) is 9.58 Å². The smallest absolute Gasteiger partial charge is 0.419 e. The minimum atomic E-state index is -4.53. The zero-order valence-corrected chi connectivity index (χ0v) is 33.8. The summed E-state index contributed by atoms with van der Waals surface area (Å²) in [6, 6.07) is 9.50. The van der Waals surface area contributed by atoms with Crippen molar-refractivity contribution in [3.63, 3.8) is 0 Å². The van der Waals surface area contributed by atoms with E-state index in [4.69, 9.17) is 9.72 Å². The van der Waals surface area contributed by atoms with E-state index in [9.17, 15) is 17.7 Å². The molecule has 0 atom stereocenters. The van der Waals surface area contributed by atoms with Crippen molar-refractivity contribution in [1.29, 1.82) is 0 Å². The second-order valence-electron chi connectivity index (χ2n) is 14.4. The molecule has 0 saturated carbocycles. The maximum atomic E-state index is 13.5. The lowest BCUT2D eigenvalue weighted by atomic mass is 9.98. The van der Waals surface area contributed by atoms with E-state index in [-0.39, 0.29) is 5.95 Å². The molecular formula is C37H44BrF3N11O2P. The number of hydrogen-bond acceptors (Lipinski definition) is 11. The predicted molar refractivity (Wildman–Crippen MR) is 213 cm³/mol. The fraction of sp³-hybridized carbons (Fsp3) is 0.405. The van der Waals surface area contributed by atoms with Crippen molar-refractivity contribution in [1.82, 2.24) is 39.3 Å². The van der Waals surface area contributed by atoms with Gasteiger partial charge in [0.25, 0.3) is 0 Å². The molecule has 0 amide bonds. The average Bonchev–Trinajstić information content (AvgIpc) is 3.83. The van der Waals surface area contributed by atoms with Crippen molar-refractivity contribution in [3.8, 4) is 22.6 Å². The van der Waals surface area contributed by atoms with Gasteiger partial charge >= 0.3 is 6.18 Å².